The van der Waals surface area contributed by atoms with E-state index >= 15 is 0 Å². The van der Waals surface area contributed by atoms with Crippen molar-refractivity contribution in [3.8, 4) is 0 Å². The number of carbonyl (C=O) groups excluding carboxylic acids is 2. The quantitative estimate of drug-likeness (QED) is 0.627. The maximum Gasteiger partial charge on any atom is 0.290 e. The summed E-state index contributed by atoms with van der Waals surface area (Å²) in [5.74, 6) is 1.15. The molecule has 2 N–H and O–H groups in total. The molecule has 0 unspecified atom stereocenters. The van der Waals surface area contributed by atoms with Crippen LogP contribution in [0, 0.1) is 6.92 Å². The van der Waals surface area contributed by atoms with E-state index in [1.165, 1.54) is 5.56 Å². The summed E-state index contributed by atoms with van der Waals surface area (Å²) in [5, 5.41) is 0. The van der Waals surface area contributed by atoms with E-state index in [0.29, 0.717) is 44.3 Å². The van der Waals surface area contributed by atoms with E-state index in [2.05, 4.69) is 24.3 Å². The summed E-state index contributed by atoms with van der Waals surface area (Å²) in [6, 6.07) is 21.7. The summed E-state index contributed by atoms with van der Waals surface area (Å²) in [7, 11) is 0. The Kier molecular flexibility index (Phi) is 6.24. The first-order valence-corrected chi connectivity index (χ1v) is 12.0. The molecular weight excluding hydrogens is 426 g/mol. The van der Waals surface area contributed by atoms with Gasteiger partial charge in [0.1, 0.15) is 11.8 Å². The van der Waals surface area contributed by atoms with Crippen LogP contribution in [0.15, 0.2) is 71.1 Å². The predicted octanol–water partition coefficient (Wildman–Crippen LogP) is 4.06. The first kappa shape index (κ1) is 22.4. The van der Waals surface area contributed by atoms with Crippen molar-refractivity contribution in [3.63, 3.8) is 0 Å². The van der Waals surface area contributed by atoms with Crippen molar-refractivity contribution in [2.75, 3.05) is 19.6 Å². The van der Waals surface area contributed by atoms with Gasteiger partial charge in [-0.2, -0.15) is 0 Å². The minimum absolute atomic E-state index is 0.0348. The lowest BCUT2D eigenvalue weighted by Gasteiger charge is -2.27. The molecule has 34 heavy (non-hydrogen) atoms. The van der Waals surface area contributed by atoms with E-state index in [0.717, 1.165) is 17.5 Å². The summed E-state index contributed by atoms with van der Waals surface area (Å²) >= 11 is 0. The van der Waals surface area contributed by atoms with Crippen LogP contribution in [0.1, 0.15) is 57.7 Å². The average Bonchev–Trinajstić information content (AvgIpc) is 3.62. The monoisotopic (exact) mass is 457 g/mol. The lowest BCUT2D eigenvalue weighted by atomic mass is 9.96. The summed E-state index contributed by atoms with van der Waals surface area (Å²) in [4.78, 5) is 31.0. The van der Waals surface area contributed by atoms with Gasteiger partial charge in [-0.3, -0.25) is 9.59 Å². The molecule has 2 amide bonds. The van der Waals surface area contributed by atoms with Gasteiger partial charge in [0, 0.05) is 43.6 Å². The lowest BCUT2D eigenvalue weighted by molar-refractivity contribution is -0.134. The molecule has 6 heteroatoms. The lowest BCUT2D eigenvalue weighted by Crippen LogP contribution is -2.47. The SMILES string of the molecule is Cc1oc(C(=O)N2C[C@@H](c3ccccc3)C[C@H]2C(=O)N2CC[C@H](c3ccccc3)C2)cc1CN. The number of likely N-dealkylation sites (tertiary alicyclic amines) is 2. The van der Waals surface area contributed by atoms with Crippen LogP contribution in [0.4, 0.5) is 0 Å². The fourth-order valence-electron chi connectivity index (χ4n) is 5.40. The second kappa shape index (κ2) is 9.47. The number of furan rings is 1. The minimum atomic E-state index is -0.501. The molecule has 0 spiro atoms. The highest BCUT2D eigenvalue weighted by Gasteiger charge is 2.44. The van der Waals surface area contributed by atoms with E-state index in [4.69, 9.17) is 10.2 Å². The molecule has 0 bridgehead atoms. The van der Waals surface area contributed by atoms with Gasteiger partial charge in [-0.25, -0.2) is 0 Å². The number of carbonyl (C=O) groups is 2. The van der Waals surface area contributed by atoms with E-state index in [1.807, 2.05) is 48.2 Å². The molecule has 3 atom stereocenters. The Morgan fingerprint density at radius 2 is 1.62 bits per heavy atom. The Labute approximate surface area is 200 Å². The van der Waals surface area contributed by atoms with E-state index in [1.54, 1.807) is 11.0 Å². The average molecular weight is 458 g/mol. The van der Waals surface area contributed by atoms with Crippen molar-refractivity contribution >= 4 is 11.8 Å². The van der Waals surface area contributed by atoms with E-state index < -0.39 is 6.04 Å². The zero-order valence-electron chi connectivity index (χ0n) is 19.5. The molecule has 3 heterocycles. The van der Waals surface area contributed by atoms with Crippen molar-refractivity contribution in [1.29, 1.82) is 0 Å². The van der Waals surface area contributed by atoms with Crippen molar-refractivity contribution in [1.82, 2.24) is 9.80 Å². The van der Waals surface area contributed by atoms with Gasteiger partial charge >= 0.3 is 0 Å². The zero-order chi connectivity index (χ0) is 23.7. The Hall–Kier alpha value is -3.38. The predicted molar refractivity (Wildman–Crippen MR) is 130 cm³/mol. The Morgan fingerprint density at radius 1 is 0.971 bits per heavy atom. The number of amides is 2. The van der Waals surface area contributed by atoms with E-state index in [9.17, 15) is 9.59 Å². The highest BCUT2D eigenvalue weighted by atomic mass is 16.4. The van der Waals surface area contributed by atoms with Crippen LogP contribution in [0.5, 0.6) is 0 Å². The molecule has 176 valence electrons. The van der Waals surface area contributed by atoms with Gasteiger partial charge in [0.15, 0.2) is 5.76 Å². The van der Waals surface area contributed by atoms with Gasteiger partial charge in [-0.15, -0.1) is 0 Å². The molecular formula is C28H31N3O3. The highest BCUT2D eigenvalue weighted by Crippen LogP contribution is 2.36. The van der Waals surface area contributed by atoms with Gasteiger partial charge in [-0.1, -0.05) is 60.7 Å². The summed E-state index contributed by atoms with van der Waals surface area (Å²) < 4.78 is 5.75. The van der Waals surface area contributed by atoms with E-state index in [-0.39, 0.29) is 23.5 Å². The molecule has 2 saturated heterocycles. The van der Waals surface area contributed by atoms with Crippen molar-refractivity contribution < 1.29 is 14.0 Å². The van der Waals surface area contributed by atoms with Crippen LogP contribution in [-0.4, -0.2) is 47.3 Å². The number of nitrogens with zero attached hydrogens (tertiary/aromatic N) is 2. The molecule has 2 aliphatic heterocycles. The van der Waals surface area contributed by atoms with Crippen LogP contribution < -0.4 is 5.73 Å². The van der Waals surface area contributed by atoms with Gasteiger partial charge in [0.2, 0.25) is 5.91 Å². The maximum atomic E-state index is 13.8. The molecule has 0 radical (unpaired) electrons. The van der Waals surface area contributed by atoms with Crippen molar-refractivity contribution in [3.05, 3.63) is 94.9 Å². The van der Waals surface area contributed by atoms with Crippen LogP contribution in [0.2, 0.25) is 0 Å². The number of rotatable bonds is 5. The fourth-order valence-corrected chi connectivity index (χ4v) is 5.40. The standard InChI is InChI=1S/C28H31N3O3/c1-19-23(16-29)15-26(34-19)28(33)31-18-24(21-10-6-3-7-11-21)14-25(31)27(32)30-13-12-22(17-30)20-8-4-2-5-9-20/h2-11,15,22,24-25H,12-14,16-18,29H2,1H3/t22-,24-,25-/m0/s1. The number of nitrogens with two attached hydrogens (primary N) is 1. The molecule has 6 nitrogen and oxygen atoms in total. The number of hydrogen-bond donors (Lipinski definition) is 1. The van der Waals surface area contributed by atoms with Gasteiger partial charge in [-0.05, 0) is 37.0 Å². The van der Waals surface area contributed by atoms with Crippen molar-refractivity contribution in [2.45, 2.75) is 44.2 Å². The number of hydrogen-bond acceptors (Lipinski definition) is 4. The summed E-state index contributed by atoms with van der Waals surface area (Å²) in [6.45, 7) is 4.02. The molecule has 5 rings (SSSR count). The van der Waals surface area contributed by atoms with Crippen LogP contribution in [0.3, 0.4) is 0 Å². The Balaban J connectivity index is 1.39. The van der Waals surface area contributed by atoms with Crippen molar-refractivity contribution in [2.24, 2.45) is 5.73 Å². The Bertz CT molecular complexity index is 1160. The minimum Gasteiger partial charge on any atom is -0.456 e. The zero-order valence-corrected chi connectivity index (χ0v) is 19.5. The third-order valence-corrected chi connectivity index (χ3v) is 7.34. The first-order valence-electron chi connectivity index (χ1n) is 12.0. The Morgan fingerprint density at radius 3 is 2.24 bits per heavy atom. The molecule has 2 fully saturated rings. The van der Waals surface area contributed by atoms with Gasteiger partial charge < -0.3 is 20.0 Å². The van der Waals surface area contributed by atoms with Crippen LogP contribution >= 0.6 is 0 Å². The molecule has 2 aromatic carbocycles. The second-order valence-corrected chi connectivity index (χ2v) is 9.39. The molecule has 3 aromatic rings. The first-order chi connectivity index (χ1) is 16.5. The second-order valence-electron chi connectivity index (χ2n) is 9.39. The third kappa shape index (κ3) is 4.26. The third-order valence-electron chi connectivity index (χ3n) is 7.34. The highest BCUT2D eigenvalue weighted by molar-refractivity contribution is 5.96. The molecule has 1 aromatic heterocycles. The molecule has 0 aliphatic carbocycles. The normalized spacial score (nSPS) is 22.4. The molecule has 0 saturated carbocycles. The topological polar surface area (TPSA) is 79.8 Å². The maximum absolute atomic E-state index is 13.8. The van der Waals surface area contributed by atoms with Gasteiger partial charge in [0.25, 0.3) is 5.91 Å². The van der Waals surface area contributed by atoms with Crippen LogP contribution in [-0.2, 0) is 11.3 Å². The molecule has 2 aliphatic rings. The summed E-state index contributed by atoms with van der Waals surface area (Å²) in [6.07, 6.45) is 1.56. The van der Waals surface area contributed by atoms with Crippen LogP contribution in [0.25, 0.3) is 0 Å². The largest absolute Gasteiger partial charge is 0.456 e. The van der Waals surface area contributed by atoms with Gasteiger partial charge in [0.05, 0.1) is 0 Å². The number of aryl methyl sites for hydroxylation is 1. The smallest absolute Gasteiger partial charge is 0.290 e. The summed E-state index contributed by atoms with van der Waals surface area (Å²) in [5.41, 5.74) is 9.02. The number of benzene rings is 2. The fraction of sp³-hybridized carbons (Fsp3) is 0.357.